The van der Waals surface area contributed by atoms with Crippen LogP contribution in [-0.4, -0.2) is 35.9 Å². The quantitative estimate of drug-likeness (QED) is 0.269. The zero-order valence-electron chi connectivity index (χ0n) is 23.3. The first-order chi connectivity index (χ1) is 18.4. The average Bonchev–Trinajstić information content (AvgIpc) is 2.89. The van der Waals surface area contributed by atoms with E-state index in [4.69, 9.17) is 4.74 Å². The lowest BCUT2D eigenvalue weighted by Crippen LogP contribution is -2.52. The number of rotatable bonds is 11. The summed E-state index contributed by atoms with van der Waals surface area (Å²) in [5, 5.41) is 2.99. The van der Waals surface area contributed by atoms with Gasteiger partial charge >= 0.3 is 0 Å². The molecule has 3 aromatic carbocycles. The topological polar surface area (TPSA) is 58.6 Å². The Hall–Kier alpha value is -3.19. The number of hydrogen-bond donors (Lipinski definition) is 1. The Morgan fingerprint density at radius 1 is 0.974 bits per heavy atom. The number of benzene rings is 3. The molecule has 0 aliphatic carbocycles. The smallest absolute Gasteiger partial charge is 0.261 e. The minimum Gasteiger partial charge on any atom is -0.483 e. The van der Waals surface area contributed by atoms with Gasteiger partial charge in [0, 0.05) is 19.5 Å². The molecule has 0 aliphatic rings. The predicted molar refractivity (Wildman–Crippen MR) is 157 cm³/mol. The molecule has 0 aromatic heterocycles. The van der Waals surface area contributed by atoms with Crippen LogP contribution in [0.2, 0.25) is 0 Å². The fourth-order valence-electron chi connectivity index (χ4n) is 4.07. The van der Waals surface area contributed by atoms with Crippen molar-refractivity contribution in [3.8, 4) is 5.75 Å². The highest BCUT2D eigenvalue weighted by Gasteiger charge is 2.31. The molecule has 0 saturated carbocycles. The van der Waals surface area contributed by atoms with Crippen LogP contribution in [0.5, 0.6) is 5.75 Å². The van der Waals surface area contributed by atoms with Crippen molar-refractivity contribution in [1.82, 2.24) is 10.2 Å². The maximum Gasteiger partial charge on any atom is 0.261 e. The molecule has 0 radical (unpaired) electrons. The van der Waals surface area contributed by atoms with Crippen molar-refractivity contribution in [3.05, 3.63) is 99.8 Å². The standard InChI is InChI=1S/C32H38BrFN2O3/c1-22(2)19-35-31(38)28(17-23-9-7-6-8-10-23)36(20-24-11-14-26(34)15-12-24)30(37)21-39-29-16-13-25(18-27(29)33)32(3,4)5/h6-16,18,22,28H,17,19-21H2,1-5H3,(H,35,38)/t28-/m0/s1. The van der Waals surface area contributed by atoms with E-state index in [1.54, 1.807) is 12.1 Å². The van der Waals surface area contributed by atoms with Crippen LogP contribution in [0.3, 0.4) is 0 Å². The fourth-order valence-corrected chi connectivity index (χ4v) is 4.56. The van der Waals surface area contributed by atoms with Gasteiger partial charge in [-0.2, -0.15) is 0 Å². The molecule has 0 bridgehead atoms. The number of hydrogen-bond acceptors (Lipinski definition) is 3. The van der Waals surface area contributed by atoms with E-state index >= 15 is 0 Å². The van der Waals surface area contributed by atoms with Crippen molar-refractivity contribution in [2.45, 2.75) is 59.0 Å². The molecule has 2 amide bonds. The van der Waals surface area contributed by atoms with Gasteiger partial charge in [0.25, 0.3) is 5.91 Å². The number of amides is 2. The lowest BCUT2D eigenvalue weighted by molar-refractivity contribution is -0.142. The van der Waals surface area contributed by atoms with Crippen molar-refractivity contribution in [3.63, 3.8) is 0 Å². The zero-order chi connectivity index (χ0) is 28.6. The van der Waals surface area contributed by atoms with Crippen LogP contribution in [0.15, 0.2) is 77.3 Å². The molecule has 1 atom stereocenters. The third-order valence-electron chi connectivity index (χ3n) is 6.37. The summed E-state index contributed by atoms with van der Waals surface area (Å²) in [5.41, 5.74) is 2.75. The summed E-state index contributed by atoms with van der Waals surface area (Å²) in [6.07, 6.45) is 0.335. The lowest BCUT2D eigenvalue weighted by Gasteiger charge is -2.32. The zero-order valence-corrected chi connectivity index (χ0v) is 24.9. The number of carbonyl (C=O) groups excluding carboxylic acids is 2. The molecule has 0 saturated heterocycles. The largest absolute Gasteiger partial charge is 0.483 e. The molecule has 208 valence electrons. The van der Waals surface area contributed by atoms with Crippen LogP contribution >= 0.6 is 15.9 Å². The summed E-state index contributed by atoms with van der Waals surface area (Å²) in [5.74, 6) is -0.143. The SMILES string of the molecule is CC(C)CNC(=O)[C@H](Cc1ccccc1)N(Cc1ccc(F)cc1)C(=O)COc1ccc(C(C)(C)C)cc1Br. The van der Waals surface area contributed by atoms with Crippen LogP contribution in [0.1, 0.15) is 51.3 Å². The van der Waals surface area contributed by atoms with E-state index in [1.807, 2.05) is 62.4 Å². The number of nitrogens with zero attached hydrogens (tertiary/aromatic N) is 1. The van der Waals surface area contributed by atoms with Gasteiger partial charge in [-0.1, -0.05) is 83.1 Å². The van der Waals surface area contributed by atoms with E-state index in [1.165, 1.54) is 17.0 Å². The van der Waals surface area contributed by atoms with Crippen molar-refractivity contribution < 1.29 is 18.7 Å². The maximum absolute atomic E-state index is 13.7. The van der Waals surface area contributed by atoms with Crippen LogP contribution in [0.25, 0.3) is 0 Å². The lowest BCUT2D eigenvalue weighted by atomic mass is 9.87. The van der Waals surface area contributed by atoms with Crippen molar-refractivity contribution in [2.24, 2.45) is 5.92 Å². The molecule has 3 aromatic rings. The third kappa shape index (κ3) is 9.20. The van der Waals surface area contributed by atoms with Gasteiger partial charge in [0.2, 0.25) is 5.91 Å². The van der Waals surface area contributed by atoms with E-state index in [0.717, 1.165) is 21.2 Å². The summed E-state index contributed by atoms with van der Waals surface area (Å²) in [7, 11) is 0. The van der Waals surface area contributed by atoms with Crippen LogP contribution in [-0.2, 0) is 28.0 Å². The Balaban J connectivity index is 1.90. The second-order valence-electron chi connectivity index (χ2n) is 11.2. The van der Waals surface area contributed by atoms with Crippen molar-refractivity contribution in [2.75, 3.05) is 13.2 Å². The van der Waals surface area contributed by atoms with E-state index in [2.05, 4.69) is 42.0 Å². The van der Waals surface area contributed by atoms with Gasteiger partial charge in [0.05, 0.1) is 4.47 Å². The van der Waals surface area contributed by atoms with E-state index in [9.17, 15) is 14.0 Å². The van der Waals surface area contributed by atoms with Gasteiger partial charge in [0.15, 0.2) is 6.61 Å². The molecule has 0 fully saturated rings. The van der Waals surface area contributed by atoms with E-state index in [-0.39, 0.29) is 42.1 Å². The van der Waals surface area contributed by atoms with Gasteiger partial charge in [0.1, 0.15) is 17.6 Å². The predicted octanol–water partition coefficient (Wildman–Crippen LogP) is 6.68. The van der Waals surface area contributed by atoms with Crippen LogP contribution in [0.4, 0.5) is 4.39 Å². The number of ether oxygens (including phenoxy) is 1. The fraction of sp³-hybridized carbons (Fsp3) is 0.375. The van der Waals surface area contributed by atoms with E-state index in [0.29, 0.717) is 18.7 Å². The van der Waals surface area contributed by atoms with Crippen molar-refractivity contribution in [1.29, 1.82) is 0 Å². The second-order valence-corrected chi connectivity index (χ2v) is 12.0. The monoisotopic (exact) mass is 596 g/mol. The summed E-state index contributed by atoms with van der Waals surface area (Å²) >= 11 is 3.57. The molecule has 1 N–H and O–H groups in total. The maximum atomic E-state index is 13.7. The molecule has 0 unspecified atom stereocenters. The molecule has 0 spiro atoms. The Labute approximate surface area is 239 Å². The minimum absolute atomic E-state index is 0.0309. The van der Waals surface area contributed by atoms with Gasteiger partial charge in [-0.05, 0) is 68.2 Å². The molecule has 5 nitrogen and oxygen atoms in total. The molecule has 39 heavy (non-hydrogen) atoms. The molecule has 0 aliphatic heterocycles. The van der Waals surface area contributed by atoms with Gasteiger partial charge in [-0.15, -0.1) is 0 Å². The Morgan fingerprint density at radius 2 is 1.64 bits per heavy atom. The van der Waals surface area contributed by atoms with Crippen LogP contribution < -0.4 is 10.1 Å². The normalized spacial score (nSPS) is 12.2. The molecule has 0 heterocycles. The Bertz CT molecular complexity index is 1240. The molecular weight excluding hydrogens is 559 g/mol. The summed E-state index contributed by atoms with van der Waals surface area (Å²) in [6.45, 7) is 10.8. The van der Waals surface area contributed by atoms with Crippen LogP contribution in [0, 0.1) is 11.7 Å². The molecule has 3 rings (SSSR count). The molecular formula is C32H38BrFN2O3. The molecule has 7 heteroatoms. The highest BCUT2D eigenvalue weighted by Crippen LogP contribution is 2.31. The minimum atomic E-state index is -0.779. The second kappa shape index (κ2) is 13.7. The number of nitrogens with one attached hydrogen (secondary N) is 1. The van der Waals surface area contributed by atoms with Gasteiger partial charge < -0.3 is 15.0 Å². The van der Waals surface area contributed by atoms with Gasteiger partial charge in [-0.25, -0.2) is 4.39 Å². The first kappa shape index (κ1) is 30.4. The first-order valence-electron chi connectivity index (χ1n) is 13.2. The first-order valence-corrected chi connectivity index (χ1v) is 14.0. The number of carbonyl (C=O) groups is 2. The summed E-state index contributed by atoms with van der Waals surface area (Å²) in [6, 6.07) is 20.6. The highest BCUT2D eigenvalue weighted by molar-refractivity contribution is 9.10. The van der Waals surface area contributed by atoms with Crippen molar-refractivity contribution >= 4 is 27.7 Å². The summed E-state index contributed by atoms with van der Waals surface area (Å²) in [4.78, 5) is 28.8. The number of halogens is 2. The highest BCUT2D eigenvalue weighted by atomic mass is 79.9. The van der Waals surface area contributed by atoms with E-state index < -0.39 is 6.04 Å². The Kier molecular flexibility index (Phi) is 10.7. The summed E-state index contributed by atoms with van der Waals surface area (Å²) < 4.78 is 20.3. The third-order valence-corrected chi connectivity index (χ3v) is 6.99. The Morgan fingerprint density at radius 3 is 2.23 bits per heavy atom. The van der Waals surface area contributed by atoms with Gasteiger partial charge in [-0.3, -0.25) is 9.59 Å². The average molecular weight is 598 g/mol.